The van der Waals surface area contributed by atoms with Crippen LogP contribution in [0.5, 0.6) is 11.6 Å². The molecule has 2 aromatic heterocycles. The van der Waals surface area contributed by atoms with E-state index in [0.29, 0.717) is 29.9 Å². The van der Waals surface area contributed by atoms with E-state index in [0.717, 1.165) is 0 Å². The van der Waals surface area contributed by atoms with Crippen molar-refractivity contribution < 1.29 is 14.3 Å². The second kappa shape index (κ2) is 5.38. The first-order valence-corrected chi connectivity index (χ1v) is 5.73. The van der Waals surface area contributed by atoms with Crippen molar-refractivity contribution in [3.8, 4) is 17.4 Å². The molecule has 0 unspecified atom stereocenters. The molecule has 0 aromatic carbocycles. The smallest absolute Gasteiger partial charge is 0.308 e. The molecular weight excluding hydrogens is 248 g/mol. The van der Waals surface area contributed by atoms with Gasteiger partial charge in [0.2, 0.25) is 5.88 Å². The Kier molecular flexibility index (Phi) is 3.65. The molecule has 0 aliphatic rings. The summed E-state index contributed by atoms with van der Waals surface area (Å²) in [5.41, 5.74) is 5.82. The van der Waals surface area contributed by atoms with Crippen LogP contribution in [0.4, 0.5) is 5.82 Å². The Morgan fingerprint density at radius 1 is 1.47 bits per heavy atom. The van der Waals surface area contributed by atoms with Gasteiger partial charge in [-0.2, -0.15) is 4.68 Å². The van der Waals surface area contributed by atoms with Crippen molar-refractivity contribution in [3.05, 3.63) is 24.4 Å². The van der Waals surface area contributed by atoms with E-state index in [1.165, 1.54) is 17.8 Å². The van der Waals surface area contributed by atoms with Crippen LogP contribution in [0.1, 0.15) is 13.8 Å². The van der Waals surface area contributed by atoms with Gasteiger partial charge in [0.1, 0.15) is 11.6 Å². The zero-order chi connectivity index (χ0) is 13.8. The van der Waals surface area contributed by atoms with E-state index < -0.39 is 5.97 Å². The number of nitrogens with zero attached hydrogens (tertiary/aromatic N) is 3. The van der Waals surface area contributed by atoms with Gasteiger partial charge < -0.3 is 15.2 Å². The van der Waals surface area contributed by atoms with Crippen LogP contribution in [0.2, 0.25) is 0 Å². The van der Waals surface area contributed by atoms with Crippen molar-refractivity contribution in [2.24, 2.45) is 0 Å². The van der Waals surface area contributed by atoms with Gasteiger partial charge in [-0.3, -0.25) is 4.79 Å². The minimum Gasteiger partial charge on any atom is -0.477 e. The summed E-state index contributed by atoms with van der Waals surface area (Å²) in [6, 6.07) is 4.88. The summed E-state index contributed by atoms with van der Waals surface area (Å²) in [5.74, 6) is 1.33. The molecule has 2 N–H and O–H groups in total. The summed E-state index contributed by atoms with van der Waals surface area (Å²) in [5, 5.41) is 4.16. The van der Waals surface area contributed by atoms with Gasteiger partial charge in [0, 0.05) is 13.0 Å². The minimum atomic E-state index is -0.396. The van der Waals surface area contributed by atoms with Crippen LogP contribution in [0.25, 0.3) is 5.82 Å². The van der Waals surface area contributed by atoms with Crippen molar-refractivity contribution >= 4 is 11.8 Å². The molecule has 0 amide bonds. The highest BCUT2D eigenvalue weighted by atomic mass is 16.5. The largest absolute Gasteiger partial charge is 0.477 e. The number of anilines is 1. The number of nitrogens with two attached hydrogens (primary N) is 1. The molecule has 0 bridgehead atoms. The predicted molar refractivity (Wildman–Crippen MR) is 68.2 cm³/mol. The van der Waals surface area contributed by atoms with Gasteiger partial charge in [-0.15, -0.1) is 5.10 Å². The fraction of sp³-hybridized carbons (Fsp3) is 0.250. The van der Waals surface area contributed by atoms with Crippen LogP contribution in [0.3, 0.4) is 0 Å². The van der Waals surface area contributed by atoms with E-state index in [2.05, 4.69) is 10.1 Å². The lowest BCUT2D eigenvalue weighted by molar-refractivity contribution is -0.131. The van der Waals surface area contributed by atoms with Crippen LogP contribution in [0.15, 0.2) is 24.4 Å². The van der Waals surface area contributed by atoms with E-state index in [4.69, 9.17) is 15.2 Å². The van der Waals surface area contributed by atoms with Gasteiger partial charge >= 0.3 is 5.97 Å². The summed E-state index contributed by atoms with van der Waals surface area (Å²) in [6.07, 6.45) is 1.43. The molecule has 0 aliphatic carbocycles. The predicted octanol–water partition coefficient (Wildman–Crippen LogP) is 1.17. The zero-order valence-electron chi connectivity index (χ0n) is 10.7. The number of nitrogen functional groups attached to an aromatic ring is 1. The van der Waals surface area contributed by atoms with Crippen LogP contribution < -0.4 is 15.2 Å². The fourth-order valence-corrected chi connectivity index (χ4v) is 1.50. The Morgan fingerprint density at radius 3 is 2.84 bits per heavy atom. The number of aromatic nitrogens is 3. The van der Waals surface area contributed by atoms with E-state index in [-0.39, 0.29) is 0 Å². The monoisotopic (exact) mass is 262 g/mol. The van der Waals surface area contributed by atoms with E-state index in [9.17, 15) is 4.79 Å². The maximum Gasteiger partial charge on any atom is 0.308 e. The fourth-order valence-electron chi connectivity index (χ4n) is 1.50. The van der Waals surface area contributed by atoms with Crippen molar-refractivity contribution in [3.63, 3.8) is 0 Å². The summed E-state index contributed by atoms with van der Waals surface area (Å²) < 4.78 is 11.6. The first-order valence-electron chi connectivity index (χ1n) is 5.73. The maximum atomic E-state index is 10.8. The lowest BCUT2D eigenvalue weighted by Gasteiger charge is -2.04. The van der Waals surface area contributed by atoms with Gasteiger partial charge in [-0.25, -0.2) is 4.98 Å². The third-order valence-corrected chi connectivity index (χ3v) is 2.21. The molecule has 7 nitrogen and oxygen atoms in total. The molecular formula is C12H14N4O3. The standard InChI is InChI=1S/C12H14N4O3/c1-3-18-12-6-10(13)16(15-12)11-5-4-9(7-14-11)19-8(2)17/h4-7H,3,13H2,1-2H3. The van der Waals surface area contributed by atoms with Crippen molar-refractivity contribution in [2.75, 3.05) is 12.3 Å². The Bertz CT molecular complexity index is 577. The minimum absolute atomic E-state index is 0.368. The molecule has 2 rings (SSSR count). The molecule has 0 saturated carbocycles. The number of carbonyl (C=O) groups excluding carboxylic acids is 1. The summed E-state index contributed by atoms with van der Waals surface area (Å²) in [7, 11) is 0. The highest BCUT2D eigenvalue weighted by Gasteiger charge is 2.09. The normalized spacial score (nSPS) is 10.2. The van der Waals surface area contributed by atoms with Crippen molar-refractivity contribution in [2.45, 2.75) is 13.8 Å². The van der Waals surface area contributed by atoms with Crippen LogP contribution in [-0.4, -0.2) is 27.3 Å². The number of hydrogen-bond acceptors (Lipinski definition) is 6. The van der Waals surface area contributed by atoms with Gasteiger partial charge in [0.15, 0.2) is 5.82 Å². The van der Waals surface area contributed by atoms with E-state index in [1.54, 1.807) is 18.2 Å². The third kappa shape index (κ3) is 3.01. The molecule has 0 spiro atoms. The molecule has 0 aliphatic heterocycles. The summed E-state index contributed by atoms with van der Waals surface area (Å²) >= 11 is 0. The topological polar surface area (TPSA) is 92.3 Å². The highest BCUT2D eigenvalue weighted by molar-refractivity contribution is 5.69. The van der Waals surface area contributed by atoms with Crippen LogP contribution in [0, 0.1) is 0 Å². The number of carbonyl (C=O) groups is 1. The number of ether oxygens (including phenoxy) is 2. The molecule has 2 aromatic rings. The Morgan fingerprint density at radius 2 is 2.26 bits per heavy atom. The molecule has 0 saturated heterocycles. The zero-order valence-corrected chi connectivity index (χ0v) is 10.7. The molecule has 0 atom stereocenters. The average Bonchev–Trinajstić information content (AvgIpc) is 2.71. The molecule has 0 fully saturated rings. The van der Waals surface area contributed by atoms with Crippen LogP contribution >= 0.6 is 0 Å². The Balaban J connectivity index is 2.24. The average molecular weight is 262 g/mol. The summed E-state index contributed by atoms with van der Waals surface area (Å²) in [6.45, 7) is 3.70. The first kappa shape index (κ1) is 12.9. The Labute approximate surface area is 110 Å². The lowest BCUT2D eigenvalue weighted by Crippen LogP contribution is -2.05. The number of hydrogen-bond donors (Lipinski definition) is 1. The first-order chi connectivity index (χ1) is 9.10. The van der Waals surface area contributed by atoms with Gasteiger partial charge in [0.05, 0.1) is 12.8 Å². The van der Waals surface area contributed by atoms with Crippen LogP contribution in [-0.2, 0) is 4.79 Å². The number of rotatable bonds is 4. The molecule has 2 heterocycles. The number of pyridine rings is 1. The lowest BCUT2D eigenvalue weighted by atomic mass is 10.4. The summed E-state index contributed by atoms with van der Waals surface area (Å²) in [4.78, 5) is 14.9. The van der Waals surface area contributed by atoms with Crippen molar-refractivity contribution in [1.82, 2.24) is 14.8 Å². The second-order valence-electron chi connectivity index (χ2n) is 3.70. The number of esters is 1. The van der Waals surface area contributed by atoms with Gasteiger partial charge in [0.25, 0.3) is 0 Å². The van der Waals surface area contributed by atoms with E-state index in [1.807, 2.05) is 6.92 Å². The molecule has 100 valence electrons. The van der Waals surface area contributed by atoms with Gasteiger partial charge in [-0.1, -0.05) is 0 Å². The Hall–Kier alpha value is -2.57. The quantitative estimate of drug-likeness (QED) is 0.831. The van der Waals surface area contributed by atoms with Crippen molar-refractivity contribution in [1.29, 1.82) is 0 Å². The molecule has 19 heavy (non-hydrogen) atoms. The SMILES string of the molecule is CCOc1cc(N)n(-c2ccc(OC(C)=O)cn2)n1. The molecule has 7 heteroatoms. The van der Waals surface area contributed by atoms with Gasteiger partial charge in [-0.05, 0) is 19.1 Å². The highest BCUT2D eigenvalue weighted by Crippen LogP contribution is 2.19. The second-order valence-corrected chi connectivity index (χ2v) is 3.70. The van der Waals surface area contributed by atoms with E-state index >= 15 is 0 Å². The third-order valence-electron chi connectivity index (χ3n) is 2.21. The molecule has 0 radical (unpaired) electrons. The maximum absolute atomic E-state index is 10.8.